The molecular formula is C17H30N4. The van der Waals surface area contributed by atoms with Crippen molar-refractivity contribution in [1.82, 2.24) is 15.5 Å². The second-order valence-corrected chi connectivity index (χ2v) is 5.36. The first kappa shape index (κ1) is 17.5. The number of unbranched alkanes of at least 4 members (excludes halogenated alkanes) is 1. The fraction of sp³-hybridized carbons (Fsp3) is 0.588. The molecule has 0 radical (unpaired) electrons. The number of hydrogen-bond acceptors (Lipinski definition) is 2. The molecule has 0 aliphatic heterocycles. The highest BCUT2D eigenvalue weighted by molar-refractivity contribution is 5.79. The van der Waals surface area contributed by atoms with Crippen molar-refractivity contribution in [2.45, 2.75) is 32.7 Å². The summed E-state index contributed by atoms with van der Waals surface area (Å²) < 4.78 is 0. The summed E-state index contributed by atoms with van der Waals surface area (Å²) in [7, 11) is 3.99. The highest BCUT2D eigenvalue weighted by Crippen LogP contribution is 2.02. The van der Waals surface area contributed by atoms with Crippen LogP contribution < -0.4 is 10.6 Å². The summed E-state index contributed by atoms with van der Waals surface area (Å²) in [6.07, 6.45) is 3.49. The Balaban J connectivity index is 2.12. The van der Waals surface area contributed by atoms with Gasteiger partial charge in [-0.1, -0.05) is 43.7 Å². The first-order valence-corrected chi connectivity index (χ1v) is 7.93. The molecule has 2 N–H and O–H groups in total. The van der Waals surface area contributed by atoms with Crippen molar-refractivity contribution in [3.63, 3.8) is 0 Å². The van der Waals surface area contributed by atoms with Crippen LogP contribution in [0.3, 0.4) is 0 Å². The highest BCUT2D eigenvalue weighted by Gasteiger charge is 2.00. The van der Waals surface area contributed by atoms with Gasteiger partial charge in [0.15, 0.2) is 5.96 Å². The van der Waals surface area contributed by atoms with E-state index in [1.807, 2.05) is 7.05 Å². The van der Waals surface area contributed by atoms with Crippen LogP contribution >= 0.6 is 0 Å². The van der Waals surface area contributed by atoms with Gasteiger partial charge in [-0.15, -0.1) is 0 Å². The van der Waals surface area contributed by atoms with Crippen LogP contribution in [0.15, 0.2) is 35.3 Å². The third kappa shape index (κ3) is 8.35. The Labute approximate surface area is 129 Å². The van der Waals surface area contributed by atoms with Gasteiger partial charge in [0.2, 0.25) is 0 Å². The van der Waals surface area contributed by atoms with Gasteiger partial charge in [0.05, 0.1) is 0 Å². The topological polar surface area (TPSA) is 39.7 Å². The van der Waals surface area contributed by atoms with E-state index < -0.39 is 0 Å². The Morgan fingerprint density at radius 2 is 1.76 bits per heavy atom. The molecule has 0 saturated carbocycles. The van der Waals surface area contributed by atoms with Crippen LogP contribution in [-0.2, 0) is 6.54 Å². The normalized spacial score (nSPS) is 11.7. The fourth-order valence-corrected chi connectivity index (χ4v) is 2.13. The van der Waals surface area contributed by atoms with Crippen LogP contribution in [0.25, 0.3) is 0 Å². The van der Waals surface area contributed by atoms with Gasteiger partial charge < -0.3 is 15.5 Å². The Bertz CT molecular complexity index is 389. The molecular weight excluding hydrogens is 260 g/mol. The summed E-state index contributed by atoms with van der Waals surface area (Å²) in [4.78, 5) is 6.58. The minimum Gasteiger partial charge on any atom is -0.356 e. The van der Waals surface area contributed by atoms with Gasteiger partial charge >= 0.3 is 0 Å². The summed E-state index contributed by atoms with van der Waals surface area (Å²) in [6.45, 7) is 6.22. The van der Waals surface area contributed by atoms with E-state index >= 15 is 0 Å². The third-order valence-corrected chi connectivity index (χ3v) is 3.35. The predicted octanol–water partition coefficient (Wildman–Crippen LogP) is 2.47. The molecule has 0 atom stereocenters. The number of hydrogen-bond donors (Lipinski definition) is 2. The SMILES string of the molecule is CCCCNC(=NC)NCCCN(C)Cc1ccccc1. The van der Waals surface area contributed by atoms with Crippen molar-refractivity contribution in [2.24, 2.45) is 4.99 Å². The maximum atomic E-state index is 4.23. The van der Waals surface area contributed by atoms with Crippen LogP contribution in [-0.4, -0.2) is 44.6 Å². The molecule has 1 rings (SSSR count). The number of guanidine groups is 1. The minimum absolute atomic E-state index is 0.911. The standard InChI is InChI=1S/C17H30N4/c1-4-5-12-19-17(18-2)20-13-9-14-21(3)15-16-10-7-6-8-11-16/h6-8,10-11H,4-5,9,12-15H2,1-3H3,(H2,18,19,20). The van der Waals surface area contributed by atoms with Gasteiger partial charge in [0.1, 0.15) is 0 Å². The van der Waals surface area contributed by atoms with Crippen LogP contribution in [0, 0.1) is 0 Å². The lowest BCUT2D eigenvalue weighted by molar-refractivity contribution is 0.322. The number of nitrogens with zero attached hydrogens (tertiary/aromatic N) is 2. The first-order chi connectivity index (χ1) is 10.3. The van der Waals surface area contributed by atoms with E-state index in [0.717, 1.165) is 38.6 Å². The molecule has 118 valence electrons. The zero-order valence-corrected chi connectivity index (χ0v) is 13.7. The Hall–Kier alpha value is -1.55. The maximum absolute atomic E-state index is 4.23. The molecule has 0 bridgehead atoms. The Kier molecular flexibility index (Phi) is 9.29. The summed E-state index contributed by atoms with van der Waals surface area (Å²) >= 11 is 0. The van der Waals surface area contributed by atoms with Crippen molar-refractivity contribution in [3.8, 4) is 0 Å². The molecule has 1 aromatic carbocycles. The molecule has 1 aromatic rings. The number of rotatable bonds is 9. The van der Waals surface area contributed by atoms with E-state index in [2.05, 4.69) is 64.8 Å². The summed E-state index contributed by atoms with van der Waals surface area (Å²) in [5.74, 6) is 0.911. The van der Waals surface area contributed by atoms with E-state index in [9.17, 15) is 0 Å². The molecule has 0 unspecified atom stereocenters. The lowest BCUT2D eigenvalue weighted by Crippen LogP contribution is -2.38. The van der Waals surface area contributed by atoms with Crippen LogP contribution in [0.4, 0.5) is 0 Å². The molecule has 0 spiro atoms. The Morgan fingerprint density at radius 1 is 1.10 bits per heavy atom. The van der Waals surface area contributed by atoms with Crippen molar-refractivity contribution in [2.75, 3.05) is 33.7 Å². The van der Waals surface area contributed by atoms with E-state index in [-0.39, 0.29) is 0 Å². The average Bonchev–Trinajstić information content (AvgIpc) is 2.50. The van der Waals surface area contributed by atoms with Crippen molar-refractivity contribution < 1.29 is 0 Å². The second kappa shape index (κ2) is 11.1. The second-order valence-electron chi connectivity index (χ2n) is 5.36. The fourth-order valence-electron chi connectivity index (χ4n) is 2.13. The van der Waals surface area contributed by atoms with Crippen LogP contribution in [0.1, 0.15) is 31.7 Å². The van der Waals surface area contributed by atoms with Crippen molar-refractivity contribution in [3.05, 3.63) is 35.9 Å². The van der Waals surface area contributed by atoms with E-state index in [4.69, 9.17) is 0 Å². The maximum Gasteiger partial charge on any atom is 0.190 e. The molecule has 4 heteroatoms. The molecule has 0 aromatic heterocycles. The lowest BCUT2D eigenvalue weighted by Gasteiger charge is -2.17. The largest absolute Gasteiger partial charge is 0.356 e. The van der Waals surface area contributed by atoms with Crippen LogP contribution in [0.2, 0.25) is 0 Å². The highest BCUT2D eigenvalue weighted by atomic mass is 15.2. The number of aliphatic imine (C=N–C) groups is 1. The predicted molar refractivity (Wildman–Crippen MR) is 91.7 cm³/mol. The van der Waals surface area contributed by atoms with E-state index in [0.29, 0.717) is 0 Å². The minimum atomic E-state index is 0.911. The number of nitrogens with one attached hydrogen (secondary N) is 2. The third-order valence-electron chi connectivity index (χ3n) is 3.35. The van der Waals surface area contributed by atoms with Gasteiger partial charge in [-0.3, -0.25) is 4.99 Å². The molecule has 0 amide bonds. The first-order valence-electron chi connectivity index (χ1n) is 7.93. The summed E-state index contributed by atoms with van der Waals surface area (Å²) in [5, 5.41) is 6.68. The molecule has 4 nitrogen and oxygen atoms in total. The van der Waals surface area contributed by atoms with Gasteiger partial charge in [0, 0.05) is 26.7 Å². The quantitative estimate of drug-likeness (QED) is 0.417. The zero-order valence-electron chi connectivity index (χ0n) is 13.7. The molecule has 0 fully saturated rings. The number of benzene rings is 1. The lowest BCUT2D eigenvalue weighted by atomic mass is 10.2. The smallest absolute Gasteiger partial charge is 0.190 e. The van der Waals surface area contributed by atoms with E-state index in [1.165, 1.54) is 18.4 Å². The van der Waals surface area contributed by atoms with Gasteiger partial charge in [-0.2, -0.15) is 0 Å². The summed E-state index contributed by atoms with van der Waals surface area (Å²) in [5.41, 5.74) is 1.37. The molecule has 0 aliphatic rings. The summed E-state index contributed by atoms with van der Waals surface area (Å²) in [6, 6.07) is 10.6. The Morgan fingerprint density at radius 3 is 2.38 bits per heavy atom. The molecule has 0 aliphatic carbocycles. The van der Waals surface area contributed by atoms with Gasteiger partial charge in [-0.25, -0.2) is 0 Å². The van der Waals surface area contributed by atoms with Crippen molar-refractivity contribution >= 4 is 5.96 Å². The molecule has 21 heavy (non-hydrogen) atoms. The van der Waals surface area contributed by atoms with Gasteiger partial charge in [0.25, 0.3) is 0 Å². The average molecular weight is 290 g/mol. The van der Waals surface area contributed by atoms with E-state index in [1.54, 1.807) is 0 Å². The van der Waals surface area contributed by atoms with Crippen LogP contribution in [0.5, 0.6) is 0 Å². The zero-order chi connectivity index (χ0) is 15.3. The van der Waals surface area contributed by atoms with Crippen molar-refractivity contribution in [1.29, 1.82) is 0 Å². The van der Waals surface area contributed by atoms with Gasteiger partial charge in [-0.05, 0) is 32.0 Å². The monoisotopic (exact) mass is 290 g/mol. The molecule has 0 saturated heterocycles. The molecule has 0 heterocycles.